The Balaban J connectivity index is 1.78. The zero-order chi connectivity index (χ0) is 14.7. The summed E-state index contributed by atoms with van der Waals surface area (Å²) in [5, 5.41) is 13.1. The molecule has 0 amide bonds. The van der Waals surface area contributed by atoms with Gasteiger partial charge >= 0.3 is 5.97 Å². The third-order valence-electron chi connectivity index (χ3n) is 4.12. The SMILES string of the molecule is O=C(O)CC1(Cc2nc(-c3ccncc3)no2)CCCC1. The van der Waals surface area contributed by atoms with Gasteiger partial charge in [0.1, 0.15) is 0 Å². The molecule has 110 valence electrons. The van der Waals surface area contributed by atoms with Crippen LogP contribution < -0.4 is 0 Å². The van der Waals surface area contributed by atoms with E-state index in [9.17, 15) is 4.79 Å². The van der Waals surface area contributed by atoms with Crippen molar-refractivity contribution in [2.24, 2.45) is 5.41 Å². The molecule has 0 atom stereocenters. The highest BCUT2D eigenvalue weighted by Crippen LogP contribution is 2.43. The molecule has 0 unspecified atom stereocenters. The third-order valence-corrected chi connectivity index (χ3v) is 4.12. The van der Waals surface area contributed by atoms with Gasteiger partial charge in [0.25, 0.3) is 0 Å². The molecule has 2 aromatic rings. The molecule has 0 aliphatic heterocycles. The van der Waals surface area contributed by atoms with Crippen LogP contribution in [0.3, 0.4) is 0 Å². The summed E-state index contributed by atoms with van der Waals surface area (Å²) in [6.45, 7) is 0. The fourth-order valence-corrected chi connectivity index (χ4v) is 3.13. The summed E-state index contributed by atoms with van der Waals surface area (Å²) in [5.74, 6) is 0.284. The van der Waals surface area contributed by atoms with Crippen LogP contribution in [0, 0.1) is 5.41 Å². The second kappa shape index (κ2) is 5.63. The van der Waals surface area contributed by atoms with Gasteiger partial charge < -0.3 is 9.63 Å². The van der Waals surface area contributed by atoms with E-state index in [1.165, 1.54) is 0 Å². The lowest BCUT2D eigenvalue weighted by atomic mass is 9.79. The minimum Gasteiger partial charge on any atom is -0.481 e. The number of pyridine rings is 1. The Morgan fingerprint density at radius 2 is 2.00 bits per heavy atom. The molecule has 1 N–H and O–H groups in total. The fraction of sp³-hybridized carbons (Fsp3) is 0.467. The van der Waals surface area contributed by atoms with Crippen LogP contribution in [-0.4, -0.2) is 26.2 Å². The van der Waals surface area contributed by atoms with Gasteiger partial charge in [-0.05, 0) is 30.4 Å². The van der Waals surface area contributed by atoms with Crippen molar-refractivity contribution < 1.29 is 14.4 Å². The highest BCUT2D eigenvalue weighted by atomic mass is 16.5. The highest BCUT2D eigenvalue weighted by molar-refractivity contribution is 5.67. The molecule has 2 aromatic heterocycles. The summed E-state index contributed by atoms with van der Waals surface area (Å²) in [4.78, 5) is 19.5. The van der Waals surface area contributed by atoms with Gasteiger partial charge in [0.05, 0.1) is 6.42 Å². The molecule has 0 radical (unpaired) electrons. The van der Waals surface area contributed by atoms with E-state index in [-0.39, 0.29) is 11.8 Å². The fourth-order valence-electron chi connectivity index (χ4n) is 3.13. The lowest BCUT2D eigenvalue weighted by Crippen LogP contribution is -2.23. The van der Waals surface area contributed by atoms with E-state index in [4.69, 9.17) is 9.63 Å². The molecule has 2 heterocycles. The van der Waals surface area contributed by atoms with Gasteiger partial charge in [0, 0.05) is 24.4 Å². The molecule has 0 spiro atoms. The number of carbonyl (C=O) groups is 1. The number of aromatic nitrogens is 3. The maximum atomic E-state index is 11.1. The second-order valence-electron chi connectivity index (χ2n) is 5.70. The molecule has 1 saturated carbocycles. The monoisotopic (exact) mass is 287 g/mol. The Hall–Kier alpha value is -2.24. The lowest BCUT2D eigenvalue weighted by Gasteiger charge is -2.24. The normalized spacial score (nSPS) is 17.0. The van der Waals surface area contributed by atoms with E-state index in [0.717, 1.165) is 31.2 Å². The van der Waals surface area contributed by atoms with Crippen LogP contribution in [0.4, 0.5) is 0 Å². The van der Waals surface area contributed by atoms with Crippen LogP contribution in [0.25, 0.3) is 11.4 Å². The molecule has 0 aromatic carbocycles. The van der Waals surface area contributed by atoms with Crippen LogP contribution in [0.15, 0.2) is 29.0 Å². The average Bonchev–Trinajstić information content (AvgIpc) is 3.09. The van der Waals surface area contributed by atoms with Gasteiger partial charge in [0.15, 0.2) is 0 Å². The third kappa shape index (κ3) is 3.09. The number of carboxylic acids is 1. The summed E-state index contributed by atoms with van der Waals surface area (Å²) in [6, 6.07) is 3.63. The smallest absolute Gasteiger partial charge is 0.303 e. The van der Waals surface area contributed by atoms with Crippen molar-refractivity contribution in [3.63, 3.8) is 0 Å². The van der Waals surface area contributed by atoms with E-state index in [2.05, 4.69) is 15.1 Å². The van der Waals surface area contributed by atoms with Gasteiger partial charge in [-0.2, -0.15) is 4.98 Å². The molecule has 21 heavy (non-hydrogen) atoms. The van der Waals surface area contributed by atoms with E-state index >= 15 is 0 Å². The standard InChI is InChI=1S/C15H17N3O3/c19-13(20)10-15(5-1-2-6-15)9-12-17-14(18-21-12)11-3-7-16-8-4-11/h3-4,7-8H,1-2,5-6,9-10H2,(H,19,20). The quantitative estimate of drug-likeness (QED) is 0.909. The Morgan fingerprint density at radius 3 is 2.67 bits per heavy atom. The van der Waals surface area contributed by atoms with Crippen molar-refractivity contribution in [1.82, 2.24) is 15.1 Å². The van der Waals surface area contributed by atoms with Crippen LogP contribution in [0.2, 0.25) is 0 Å². The van der Waals surface area contributed by atoms with Crippen molar-refractivity contribution in [3.8, 4) is 11.4 Å². The van der Waals surface area contributed by atoms with Gasteiger partial charge in [-0.1, -0.05) is 18.0 Å². The van der Waals surface area contributed by atoms with Gasteiger partial charge in [-0.15, -0.1) is 0 Å². The topological polar surface area (TPSA) is 89.1 Å². The molecule has 1 aliphatic rings. The number of hydrogen-bond donors (Lipinski definition) is 1. The second-order valence-corrected chi connectivity index (χ2v) is 5.70. The van der Waals surface area contributed by atoms with Crippen LogP contribution in [0.1, 0.15) is 38.0 Å². The molecule has 0 bridgehead atoms. The van der Waals surface area contributed by atoms with E-state index in [0.29, 0.717) is 18.1 Å². The average molecular weight is 287 g/mol. The van der Waals surface area contributed by atoms with Crippen molar-refractivity contribution in [2.75, 3.05) is 0 Å². The largest absolute Gasteiger partial charge is 0.481 e. The summed E-state index contributed by atoms with van der Waals surface area (Å²) in [6.07, 6.45) is 8.01. The Labute approximate surface area is 122 Å². The van der Waals surface area contributed by atoms with Crippen molar-refractivity contribution in [3.05, 3.63) is 30.4 Å². The molecule has 1 fully saturated rings. The van der Waals surface area contributed by atoms with Crippen molar-refractivity contribution in [1.29, 1.82) is 0 Å². The minimum absolute atomic E-state index is 0.167. The molecule has 6 nitrogen and oxygen atoms in total. The van der Waals surface area contributed by atoms with Crippen molar-refractivity contribution in [2.45, 2.75) is 38.5 Å². The maximum absolute atomic E-state index is 11.1. The maximum Gasteiger partial charge on any atom is 0.303 e. The number of carboxylic acid groups (broad SMARTS) is 1. The summed E-state index contributed by atoms with van der Waals surface area (Å²) < 4.78 is 5.31. The van der Waals surface area contributed by atoms with Crippen LogP contribution >= 0.6 is 0 Å². The van der Waals surface area contributed by atoms with Crippen LogP contribution in [-0.2, 0) is 11.2 Å². The molecule has 3 rings (SSSR count). The van der Waals surface area contributed by atoms with E-state index < -0.39 is 5.97 Å². The van der Waals surface area contributed by atoms with Gasteiger partial charge in [-0.3, -0.25) is 9.78 Å². The first-order valence-corrected chi connectivity index (χ1v) is 7.12. The first kappa shape index (κ1) is 13.7. The molecular weight excluding hydrogens is 270 g/mol. The number of rotatable bonds is 5. The summed E-state index contributed by atoms with van der Waals surface area (Å²) in [5.41, 5.74) is 0.618. The molecule has 6 heteroatoms. The Bertz CT molecular complexity index is 618. The van der Waals surface area contributed by atoms with Crippen molar-refractivity contribution >= 4 is 5.97 Å². The van der Waals surface area contributed by atoms with Gasteiger partial charge in [0.2, 0.25) is 11.7 Å². The first-order valence-electron chi connectivity index (χ1n) is 7.12. The Kier molecular flexibility index (Phi) is 3.68. The molecular formula is C15H17N3O3. The predicted octanol–water partition coefficient (Wildman–Crippen LogP) is 2.71. The van der Waals surface area contributed by atoms with E-state index in [1.807, 2.05) is 12.1 Å². The summed E-state index contributed by atoms with van der Waals surface area (Å²) >= 11 is 0. The van der Waals surface area contributed by atoms with Gasteiger partial charge in [-0.25, -0.2) is 0 Å². The zero-order valence-electron chi connectivity index (χ0n) is 11.7. The van der Waals surface area contributed by atoms with Crippen LogP contribution in [0.5, 0.6) is 0 Å². The number of aliphatic carboxylic acids is 1. The highest BCUT2D eigenvalue weighted by Gasteiger charge is 2.37. The minimum atomic E-state index is -0.759. The lowest BCUT2D eigenvalue weighted by molar-refractivity contribution is -0.139. The first-order chi connectivity index (χ1) is 10.2. The number of hydrogen-bond acceptors (Lipinski definition) is 5. The summed E-state index contributed by atoms with van der Waals surface area (Å²) in [7, 11) is 0. The molecule has 0 saturated heterocycles. The number of nitrogens with zero attached hydrogens (tertiary/aromatic N) is 3. The predicted molar refractivity (Wildman–Crippen MR) is 74.4 cm³/mol. The molecule has 1 aliphatic carbocycles. The Morgan fingerprint density at radius 1 is 1.29 bits per heavy atom. The zero-order valence-corrected chi connectivity index (χ0v) is 11.7. The van der Waals surface area contributed by atoms with E-state index in [1.54, 1.807) is 12.4 Å².